The molecule has 0 saturated carbocycles. The van der Waals surface area contributed by atoms with E-state index in [1.165, 1.54) is 0 Å². The number of benzene rings is 3. The molecular weight excluding hydrogens is 424 g/mol. The molecule has 7 heteroatoms. The molecule has 0 radical (unpaired) electrons. The van der Waals surface area contributed by atoms with E-state index in [0.29, 0.717) is 22.7 Å². The molecule has 160 valence electrons. The van der Waals surface area contributed by atoms with Gasteiger partial charge in [-0.15, -0.1) is 0 Å². The number of aryl methyl sites for hydroxylation is 1. The molecule has 3 aromatic rings. The van der Waals surface area contributed by atoms with Crippen LogP contribution < -0.4 is 10.1 Å². The van der Waals surface area contributed by atoms with Crippen molar-refractivity contribution in [2.45, 2.75) is 6.92 Å². The van der Waals surface area contributed by atoms with Crippen LogP contribution in [0.5, 0.6) is 11.5 Å². The number of ether oxygens (including phenoxy) is 1. The minimum atomic E-state index is -0.491. The van der Waals surface area contributed by atoms with Gasteiger partial charge in [-0.25, -0.2) is 0 Å². The highest BCUT2D eigenvalue weighted by Gasteiger charge is 2.36. The Balaban J connectivity index is 1.45. The summed E-state index contributed by atoms with van der Waals surface area (Å²) in [5.74, 6) is 0.391. The Bertz CT molecular complexity index is 1210. The van der Waals surface area contributed by atoms with Crippen LogP contribution in [0, 0.1) is 6.92 Å². The van der Waals surface area contributed by atoms with E-state index in [1.54, 1.807) is 24.3 Å². The minimum Gasteiger partial charge on any atom is -0.457 e. The van der Waals surface area contributed by atoms with Gasteiger partial charge in [-0.1, -0.05) is 48.5 Å². The summed E-state index contributed by atoms with van der Waals surface area (Å²) in [6.07, 6.45) is 1.63. The molecule has 0 aromatic heterocycles. The lowest BCUT2D eigenvalue weighted by Crippen LogP contribution is -2.36. The molecule has 0 bridgehead atoms. The maximum atomic E-state index is 12.8. The molecule has 3 amide bonds. The number of nitrogens with zero attached hydrogens (tertiary/aromatic N) is 1. The molecular formula is C25H20N2O4S. The largest absolute Gasteiger partial charge is 0.457 e. The predicted molar refractivity (Wildman–Crippen MR) is 125 cm³/mol. The average Bonchev–Trinajstić information content (AvgIpc) is 3.03. The Labute approximate surface area is 189 Å². The molecule has 4 rings (SSSR count). The summed E-state index contributed by atoms with van der Waals surface area (Å²) in [6.45, 7) is 1.53. The van der Waals surface area contributed by atoms with Crippen molar-refractivity contribution in [3.63, 3.8) is 0 Å². The summed E-state index contributed by atoms with van der Waals surface area (Å²) >= 11 is 0.816. The maximum Gasteiger partial charge on any atom is 0.294 e. The highest BCUT2D eigenvalue weighted by atomic mass is 32.2. The summed E-state index contributed by atoms with van der Waals surface area (Å²) in [5, 5.41) is 2.27. The fourth-order valence-corrected chi connectivity index (χ4v) is 3.96. The molecule has 1 fully saturated rings. The Morgan fingerprint density at radius 2 is 1.69 bits per heavy atom. The molecule has 1 aliphatic rings. The number of rotatable bonds is 6. The van der Waals surface area contributed by atoms with Crippen LogP contribution in [0.3, 0.4) is 0 Å². The lowest BCUT2D eigenvalue weighted by molar-refractivity contribution is -0.127. The second-order valence-electron chi connectivity index (χ2n) is 7.12. The number of anilines is 1. The molecule has 0 atom stereocenters. The first-order chi connectivity index (χ1) is 15.5. The second kappa shape index (κ2) is 9.53. The lowest BCUT2D eigenvalue weighted by atomic mass is 10.2. The molecule has 1 aliphatic heterocycles. The number of para-hydroxylation sites is 2. The van der Waals surface area contributed by atoms with Gasteiger partial charge in [0.1, 0.15) is 18.0 Å². The highest BCUT2D eigenvalue weighted by molar-refractivity contribution is 8.18. The van der Waals surface area contributed by atoms with E-state index in [0.717, 1.165) is 22.2 Å². The number of imide groups is 1. The predicted octanol–water partition coefficient (Wildman–Crippen LogP) is 5.46. The van der Waals surface area contributed by atoms with Crippen molar-refractivity contribution in [2.75, 3.05) is 11.9 Å². The zero-order chi connectivity index (χ0) is 22.5. The fourth-order valence-electron chi connectivity index (χ4n) is 3.13. The van der Waals surface area contributed by atoms with Gasteiger partial charge in [-0.2, -0.15) is 0 Å². The Hall–Kier alpha value is -3.84. The van der Waals surface area contributed by atoms with Gasteiger partial charge in [-0.05, 0) is 66.2 Å². The summed E-state index contributed by atoms with van der Waals surface area (Å²) in [7, 11) is 0. The van der Waals surface area contributed by atoms with Gasteiger partial charge in [0.05, 0.1) is 4.91 Å². The van der Waals surface area contributed by atoms with Gasteiger partial charge in [-0.3, -0.25) is 19.3 Å². The molecule has 0 spiro atoms. The van der Waals surface area contributed by atoms with Crippen molar-refractivity contribution in [3.8, 4) is 11.5 Å². The van der Waals surface area contributed by atoms with Gasteiger partial charge in [0.25, 0.3) is 11.1 Å². The van der Waals surface area contributed by atoms with Crippen molar-refractivity contribution in [1.29, 1.82) is 0 Å². The molecule has 1 heterocycles. The zero-order valence-corrected chi connectivity index (χ0v) is 18.1. The smallest absolute Gasteiger partial charge is 0.294 e. The van der Waals surface area contributed by atoms with Crippen molar-refractivity contribution in [1.82, 2.24) is 4.90 Å². The van der Waals surface area contributed by atoms with E-state index in [-0.39, 0.29) is 11.4 Å². The van der Waals surface area contributed by atoms with Crippen LogP contribution in [0.1, 0.15) is 11.1 Å². The van der Waals surface area contributed by atoms with Gasteiger partial charge in [0.2, 0.25) is 5.91 Å². The van der Waals surface area contributed by atoms with E-state index in [2.05, 4.69) is 5.32 Å². The van der Waals surface area contributed by atoms with E-state index in [4.69, 9.17) is 4.74 Å². The molecule has 6 nitrogen and oxygen atoms in total. The number of nitrogens with one attached hydrogen (secondary N) is 1. The quantitative estimate of drug-likeness (QED) is 0.511. The Morgan fingerprint density at radius 1 is 0.969 bits per heavy atom. The van der Waals surface area contributed by atoms with Crippen molar-refractivity contribution in [3.05, 3.63) is 94.9 Å². The third-order valence-corrected chi connectivity index (χ3v) is 5.64. The van der Waals surface area contributed by atoms with Crippen LogP contribution in [-0.2, 0) is 9.59 Å². The molecule has 1 saturated heterocycles. The van der Waals surface area contributed by atoms with Gasteiger partial charge in [0.15, 0.2) is 0 Å². The number of amides is 3. The normalized spacial score (nSPS) is 14.7. The first-order valence-corrected chi connectivity index (χ1v) is 10.7. The maximum absolute atomic E-state index is 12.8. The van der Waals surface area contributed by atoms with Crippen LogP contribution in [0.4, 0.5) is 10.5 Å². The number of carbonyl (C=O) groups is 3. The van der Waals surface area contributed by atoms with Crippen molar-refractivity contribution >= 4 is 40.6 Å². The molecule has 1 N–H and O–H groups in total. The number of hydrogen-bond donors (Lipinski definition) is 1. The monoisotopic (exact) mass is 444 g/mol. The van der Waals surface area contributed by atoms with Crippen LogP contribution in [0.25, 0.3) is 6.08 Å². The second-order valence-corrected chi connectivity index (χ2v) is 8.11. The zero-order valence-electron chi connectivity index (χ0n) is 17.3. The van der Waals surface area contributed by atoms with Gasteiger partial charge < -0.3 is 10.1 Å². The number of carbonyl (C=O) groups excluding carboxylic acids is 3. The SMILES string of the molecule is Cc1ccccc1NC(=O)CN1C(=O)S/C(=C/c2cccc(Oc3ccccc3)c2)C1=O. The summed E-state index contributed by atoms with van der Waals surface area (Å²) in [5.41, 5.74) is 2.26. The van der Waals surface area contributed by atoms with E-state index >= 15 is 0 Å². The Morgan fingerprint density at radius 3 is 2.47 bits per heavy atom. The van der Waals surface area contributed by atoms with Crippen molar-refractivity contribution in [2.24, 2.45) is 0 Å². The van der Waals surface area contributed by atoms with E-state index < -0.39 is 17.1 Å². The van der Waals surface area contributed by atoms with Crippen LogP contribution in [-0.4, -0.2) is 28.5 Å². The highest BCUT2D eigenvalue weighted by Crippen LogP contribution is 2.33. The van der Waals surface area contributed by atoms with Gasteiger partial charge in [0, 0.05) is 5.69 Å². The summed E-state index contributed by atoms with van der Waals surface area (Å²) in [4.78, 5) is 38.7. The van der Waals surface area contributed by atoms with Crippen molar-refractivity contribution < 1.29 is 19.1 Å². The first kappa shape index (κ1) is 21.4. The van der Waals surface area contributed by atoms with E-state index in [1.807, 2.05) is 67.6 Å². The van der Waals surface area contributed by atoms with Crippen LogP contribution >= 0.6 is 11.8 Å². The number of thioether (sulfide) groups is 1. The fraction of sp³-hybridized carbons (Fsp3) is 0.0800. The Kier molecular flexibility index (Phi) is 6.37. The molecule has 0 aliphatic carbocycles. The third-order valence-electron chi connectivity index (χ3n) is 4.73. The van der Waals surface area contributed by atoms with Crippen LogP contribution in [0.15, 0.2) is 83.8 Å². The van der Waals surface area contributed by atoms with Gasteiger partial charge >= 0.3 is 0 Å². The van der Waals surface area contributed by atoms with E-state index in [9.17, 15) is 14.4 Å². The topological polar surface area (TPSA) is 75.7 Å². The lowest BCUT2D eigenvalue weighted by Gasteiger charge is -2.13. The molecule has 32 heavy (non-hydrogen) atoms. The van der Waals surface area contributed by atoms with Crippen LogP contribution in [0.2, 0.25) is 0 Å². The number of hydrogen-bond acceptors (Lipinski definition) is 5. The standard InChI is InChI=1S/C25H20N2O4S/c1-17-8-5-6-13-21(17)26-23(28)16-27-24(29)22(32-25(27)30)15-18-9-7-12-20(14-18)31-19-10-3-2-4-11-19/h2-15H,16H2,1H3,(H,26,28)/b22-15+. The molecule has 0 unspecified atom stereocenters. The average molecular weight is 445 g/mol. The minimum absolute atomic E-state index is 0.260. The first-order valence-electron chi connectivity index (χ1n) is 9.93. The third kappa shape index (κ3) is 5.07. The summed E-state index contributed by atoms with van der Waals surface area (Å²) < 4.78 is 5.82. The molecule has 3 aromatic carbocycles. The summed E-state index contributed by atoms with van der Waals surface area (Å²) in [6, 6.07) is 23.9.